The van der Waals surface area contributed by atoms with Gasteiger partial charge in [0.05, 0.1) is 0 Å². The molecule has 3 aliphatic rings. The van der Waals surface area contributed by atoms with Crippen LogP contribution in [0.25, 0.3) is 21.5 Å². The second-order valence-electron chi connectivity index (χ2n) is 7.54. The topological polar surface area (TPSA) is 0 Å². The maximum atomic E-state index is 2.38. The second-order valence-corrected chi connectivity index (χ2v) is 10.1. The summed E-state index contributed by atoms with van der Waals surface area (Å²) in [6.07, 6.45) is 0. The summed E-state index contributed by atoms with van der Waals surface area (Å²) < 4.78 is 0. The smallest absolute Gasteiger partial charge is 0.0470 e. The molecule has 0 aromatic heterocycles. The van der Waals surface area contributed by atoms with Crippen molar-refractivity contribution in [1.29, 1.82) is 0 Å². The molecule has 26 heavy (non-hydrogen) atoms. The molecule has 0 nitrogen and oxygen atoms in total. The normalized spacial score (nSPS) is 27.7. The summed E-state index contributed by atoms with van der Waals surface area (Å²) in [6.45, 7) is 0. The van der Waals surface area contributed by atoms with Crippen molar-refractivity contribution in [1.82, 2.24) is 0 Å². The summed E-state index contributed by atoms with van der Waals surface area (Å²) in [4.78, 5) is 0. The summed E-state index contributed by atoms with van der Waals surface area (Å²) in [5.74, 6) is 0. The van der Waals surface area contributed by atoms with E-state index in [0.29, 0.717) is 21.0 Å². The lowest BCUT2D eigenvalue weighted by Crippen LogP contribution is -2.26. The van der Waals surface area contributed by atoms with Gasteiger partial charge in [-0.2, -0.15) is 0 Å². The monoisotopic (exact) mass is 368 g/mol. The Bertz CT molecular complexity index is 1040. The number of hydrogen-bond acceptors (Lipinski definition) is 2. The molecule has 4 atom stereocenters. The zero-order chi connectivity index (χ0) is 16.8. The van der Waals surface area contributed by atoms with Crippen LogP contribution in [0.2, 0.25) is 0 Å². The van der Waals surface area contributed by atoms with E-state index in [1.54, 1.807) is 22.3 Å². The highest BCUT2D eigenvalue weighted by Crippen LogP contribution is 2.72. The van der Waals surface area contributed by atoms with Gasteiger partial charge < -0.3 is 0 Å². The standard InChI is InChI=1S/C24H16S2/c1-5-13-6-2-10-16-19(13)15(9-1)21-22-17-11-3-7-14-8-4-12-18(20(14)17)24(26-22)23(16)25-21/h1-12,21-24H. The van der Waals surface area contributed by atoms with Crippen molar-refractivity contribution in [3.63, 3.8) is 0 Å². The lowest BCUT2D eigenvalue weighted by molar-refractivity contribution is 0.793. The first kappa shape index (κ1) is 14.2. The largest absolute Gasteiger partial charge is 0.142 e. The van der Waals surface area contributed by atoms with Crippen molar-refractivity contribution in [3.05, 3.63) is 95.1 Å². The number of fused-ring (bicyclic) bond motifs is 10. The third kappa shape index (κ3) is 1.61. The Kier molecular flexibility index (Phi) is 2.66. The quantitative estimate of drug-likeness (QED) is 0.318. The number of rotatable bonds is 0. The molecule has 2 heteroatoms. The van der Waals surface area contributed by atoms with Gasteiger partial charge in [0.1, 0.15) is 0 Å². The van der Waals surface area contributed by atoms with E-state index in [9.17, 15) is 0 Å². The first-order valence-corrected chi connectivity index (χ1v) is 11.1. The summed E-state index contributed by atoms with van der Waals surface area (Å²) in [7, 11) is 0. The van der Waals surface area contributed by atoms with Crippen LogP contribution in [0.5, 0.6) is 0 Å². The third-order valence-corrected chi connectivity index (χ3v) is 9.92. The average Bonchev–Trinajstić information content (AvgIpc) is 2.70. The van der Waals surface area contributed by atoms with Gasteiger partial charge >= 0.3 is 0 Å². The Morgan fingerprint density at radius 1 is 0.423 bits per heavy atom. The summed E-state index contributed by atoms with van der Waals surface area (Å²) in [6, 6.07) is 27.6. The first-order chi connectivity index (χ1) is 12.9. The van der Waals surface area contributed by atoms with E-state index < -0.39 is 0 Å². The molecule has 0 saturated carbocycles. The van der Waals surface area contributed by atoms with Crippen molar-refractivity contribution in [2.45, 2.75) is 21.0 Å². The van der Waals surface area contributed by atoms with Gasteiger partial charge in [-0.25, -0.2) is 0 Å². The minimum atomic E-state index is 0.554. The highest BCUT2D eigenvalue weighted by Gasteiger charge is 2.48. The highest BCUT2D eigenvalue weighted by molar-refractivity contribution is 8.07. The molecule has 0 radical (unpaired) electrons. The molecule has 124 valence electrons. The molecule has 4 aromatic rings. The Balaban J connectivity index is 1.62. The summed E-state index contributed by atoms with van der Waals surface area (Å²) in [5.41, 5.74) is 6.19. The zero-order valence-electron chi connectivity index (χ0n) is 14.1. The van der Waals surface area contributed by atoms with Crippen LogP contribution in [0.1, 0.15) is 43.3 Å². The number of thioether (sulfide) groups is 2. The van der Waals surface area contributed by atoms with E-state index in [4.69, 9.17) is 0 Å². The maximum Gasteiger partial charge on any atom is 0.0470 e. The van der Waals surface area contributed by atoms with Gasteiger partial charge in [-0.3, -0.25) is 0 Å². The summed E-state index contributed by atoms with van der Waals surface area (Å²) in [5, 5.41) is 8.10. The van der Waals surface area contributed by atoms with Crippen LogP contribution < -0.4 is 0 Å². The molecular formula is C24H16S2. The molecule has 4 aromatic carbocycles. The maximum absolute atomic E-state index is 2.38. The fourth-order valence-electron chi connectivity index (χ4n) is 5.29. The Morgan fingerprint density at radius 3 is 1.04 bits per heavy atom. The molecule has 1 fully saturated rings. The van der Waals surface area contributed by atoms with Crippen molar-refractivity contribution < 1.29 is 0 Å². The Morgan fingerprint density at radius 2 is 0.731 bits per heavy atom. The third-order valence-electron chi connectivity index (χ3n) is 6.30. The van der Waals surface area contributed by atoms with Crippen LogP contribution in [-0.4, -0.2) is 0 Å². The zero-order valence-corrected chi connectivity index (χ0v) is 15.7. The Hall–Kier alpha value is -1.90. The van der Waals surface area contributed by atoms with E-state index in [2.05, 4.69) is 96.3 Å². The minimum Gasteiger partial charge on any atom is -0.142 e. The van der Waals surface area contributed by atoms with Crippen molar-refractivity contribution in [2.24, 2.45) is 0 Å². The number of hydrogen-bond donors (Lipinski definition) is 0. The average molecular weight is 369 g/mol. The summed E-state index contributed by atoms with van der Waals surface area (Å²) >= 11 is 4.42. The molecule has 7 rings (SSSR count). The lowest BCUT2D eigenvalue weighted by atomic mass is 9.85. The minimum absolute atomic E-state index is 0.554. The van der Waals surface area contributed by atoms with Crippen molar-refractivity contribution >= 4 is 45.1 Å². The molecular weight excluding hydrogens is 352 g/mol. The van der Waals surface area contributed by atoms with Gasteiger partial charge in [0.25, 0.3) is 0 Å². The van der Waals surface area contributed by atoms with E-state index in [1.165, 1.54) is 21.5 Å². The van der Waals surface area contributed by atoms with Crippen LogP contribution in [-0.2, 0) is 0 Å². The lowest BCUT2D eigenvalue weighted by Gasteiger charge is -2.48. The highest BCUT2D eigenvalue weighted by atomic mass is 32.2. The van der Waals surface area contributed by atoms with Gasteiger partial charge in [0.15, 0.2) is 0 Å². The van der Waals surface area contributed by atoms with Crippen molar-refractivity contribution in [3.8, 4) is 0 Å². The molecule has 0 aliphatic carbocycles. The van der Waals surface area contributed by atoms with Crippen LogP contribution in [0.4, 0.5) is 0 Å². The van der Waals surface area contributed by atoms with Crippen LogP contribution >= 0.6 is 23.5 Å². The first-order valence-electron chi connectivity index (χ1n) is 9.24. The van der Waals surface area contributed by atoms with Gasteiger partial charge in [0, 0.05) is 21.0 Å². The molecule has 3 heterocycles. The second kappa shape index (κ2) is 4.88. The van der Waals surface area contributed by atoms with Gasteiger partial charge in [0.2, 0.25) is 0 Å². The van der Waals surface area contributed by atoms with E-state index in [1.807, 2.05) is 0 Å². The van der Waals surface area contributed by atoms with Gasteiger partial charge in [-0.15, -0.1) is 23.5 Å². The van der Waals surface area contributed by atoms with Crippen LogP contribution in [0, 0.1) is 0 Å². The predicted octanol–water partition coefficient (Wildman–Crippen LogP) is 7.36. The van der Waals surface area contributed by atoms with Crippen LogP contribution in [0.3, 0.4) is 0 Å². The molecule has 0 N–H and O–H groups in total. The fourth-order valence-corrected chi connectivity index (χ4v) is 9.23. The molecule has 0 amide bonds. The van der Waals surface area contributed by atoms with E-state index in [-0.39, 0.29) is 0 Å². The molecule has 0 spiro atoms. The molecule has 3 aliphatic heterocycles. The van der Waals surface area contributed by atoms with E-state index >= 15 is 0 Å². The SMILES string of the molecule is c1cc2c3c(cccc3c1)C1SC2C2SC1c1cccc3cccc2c13. The van der Waals surface area contributed by atoms with E-state index in [0.717, 1.165) is 0 Å². The van der Waals surface area contributed by atoms with Crippen molar-refractivity contribution in [2.75, 3.05) is 0 Å². The Labute approximate surface area is 161 Å². The van der Waals surface area contributed by atoms with Gasteiger partial charge in [-0.05, 0) is 43.8 Å². The van der Waals surface area contributed by atoms with Crippen LogP contribution in [0.15, 0.2) is 72.8 Å². The molecule has 4 bridgehead atoms. The van der Waals surface area contributed by atoms with Gasteiger partial charge in [-0.1, -0.05) is 72.8 Å². The predicted molar refractivity (Wildman–Crippen MR) is 114 cm³/mol. The fraction of sp³-hybridized carbons (Fsp3) is 0.167. The number of benzene rings is 4. The molecule has 1 saturated heterocycles. The molecule has 4 unspecified atom stereocenters.